The van der Waals surface area contributed by atoms with Crippen molar-refractivity contribution >= 4 is 5.78 Å². The van der Waals surface area contributed by atoms with E-state index in [1.54, 1.807) is 0 Å². The number of ketones is 1. The summed E-state index contributed by atoms with van der Waals surface area (Å²) in [5.41, 5.74) is 2.12. The van der Waals surface area contributed by atoms with Gasteiger partial charge in [-0.05, 0) is 25.7 Å². The number of nitrogens with zero attached hydrogens (tertiary/aromatic N) is 2. The number of hydrogen-bond acceptors (Lipinski definition) is 4. The Labute approximate surface area is 153 Å². The van der Waals surface area contributed by atoms with Crippen LogP contribution in [0.15, 0.2) is 23.4 Å². The highest BCUT2D eigenvalue weighted by atomic mass is 16.1. The molecule has 1 unspecified atom stereocenters. The minimum atomic E-state index is 0.223. The summed E-state index contributed by atoms with van der Waals surface area (Å²) in [7, 11) is 0. The summed E-state index contributed by atoms with van der Waals surface area (Å²) in [5.74, 6) is 0.328. The van der Waals surface area contributed by atoms with Gasteiger partial charge in [0.2, 0.25) is 0 Å². The minimum Gasteiger partial charge on any atom is -0.372 e. The van der Waals surface area contributed by atoms with Crippen molar-refractivity contribution in [1.29, 1.82) is 0 Å². The number of carbonyl (C=O) groups is 1. The fourth-order valence-corrected chi connectivity index (χ4v) is 4.69. The zero-order valence-corrected chi connectivity index (χ0v) is 16.1. The van der Waals surface area contributed by atoms with E-state index in [1.807, 2.05) is 19.9 Å². The monoisotopic (exact) mass is 345 g/mol. The van der Waals surface area contributed by atoms with Crippen LogP contribution < -0.4 is 5.32 Å². The van der Waals surface area contributed by atoms with E-state index >= 15 is 0 Å². The Kier molecular flexibility index (Phi) is 6.71. The smallest absolute Gasteiger partial charge is 0.168 e. The Morgan fingerprint density at radius 3 is 2.40 bits per heavy atom. The van der Waals surface area contributed by atoms with E-state index in [0.29, 0.717) is 12.2 Å². The summed E-state index contributed by atoms with van der Waals surface area (Å²) >= 11 is 0. The van der Waals surface area contributed by atoms with Gasteiger partial charge in [-0.1, -0.05) is 45.3 Å². The maximum Gasteiger partial charge on any atom is 0.168 e. The van der Waals surface area contributed by atoms with Gasteiger partial charge < -0.3 is 5.32 Å². The molecule has 0 radical (unpaired) electrons. The first-order valence-corrected chi connectivity index (χ1v) is 10.5. The average molecular weight is 346 g/mol. The second kappa shape index (κ2) is 9.00. The van der Waals surface area contributed by atoms with Crippen LogP contribution in [0.2, 0.25) is 0 Å². The van der Waals surface area contributed by atoms with Gasteiger partial charge in [-0.2, -0.15) is 0 Å². The lowest BCUT2D eigenvalue weighted by Crippen LogP contribution is -2.58. The topological polar surface area (TPSA) is 35.6 Å². The molecule has 140 valence electrons. The van der Waals surface area contributed by atoms with Crippen molar-refractivity contribution in [2.45, 2.75) is 77.4 Å². The molecule has 0 aromatic carbocycles. The van der Waals surface area contributed by atoms with Crippen LogP contribution >= 0.6 is 0 Å². The second-order valence-corrected chi connectivity index (χ2v) is 7.48. The predicted octanol–water partition coefficient (Wildman–Crippen LogP) is 3.46. The van der Waals surface area contributed by atoms with Gasteiger partial charge in [-0.15, -0.1) is 0 Å². The van der Waals surface area contributed by atoms with Crippen molar-refractivity contribution in [3.8, 4) is 0 Å². The van der Waals surface area contributed by atoms with Crippen LogP contribution in [-0.2, 0) is 4.79 Å². The molecule has 0 aromatic rings. The molecule has 4 nitrogen and oxygen atoms in total. The molecule has 1 saturated carbocycles. The van der Waals surface area contributed by atoms with Gasteiger partial charge in [0.05, 0.1) is 6.17 Å². The Morgan fingerprint density at radius 1 is 1.00 bits per heavy atom. The Morgan fingerprint density at radius 2 is 1.68 bits per heavy atom. The van der Waals surface area contributed by atoms with Gasteiger partial charge in [-0.25, -0.2) is 0 Å². The molecule has 0 aromatic heterocycles. The number of hydrogen-bond donors (Lipinski definition) is 1. The molecular weight excluding hydrogens is 310 g/mol. The van der Waals surface area contributed by atoms with Gasteiger partial charge in [0.15, 0.2) is 5.78 Å². The van der Waals surface area contributed by atoms with E-state index < -0.39 is 0 Å². The Hall–Kier alpha value is -1.13. The van der Waals surface area contributed by atoms with E-state index in [-0.39, 0.29) is 6.17 Å². The normalized spacial score (nSPS) is 28.9. The summed E-state index contributed by atoms with van der Waals surface area (Å²) in [5, 5.41) is 3.66. The van der Waals surface area contributed by atoms with Gasteiger partial charge in [-0.3, -0.25) is 14.6 Å². The molecular formula is C21H35N3O. The maximum absolute atomic E-state index is 12.4. The Balaban J connectivity index is 0.000000880. The van der Waals surface area contributed by atoms with Crippen molar-refractivity contribution < 1.29 is 4.79 Å². The highest BCUT2D eigenvalue weighted by Crippen LogP contribution is 2.27. The lowest BCUT2D eigenvalue weighted by molar-refractivity contribution is -0.117. The van der Waals surface area contributed by atoms with E-state index in [1.165, 1.54) is 50.9 Å². The van der Waals surface area contributed by atoms with Crippen molar-refractivity contribution in [2.24, 2.45) is 0 Å². The van der Waals surface area contributed by atoms with Crippen LogP contribution in [0.1, 0.15) is 65.2 Å². The van der Waals surface area contributed by atoms with E-state index in [2.05, 4.69) is 21.2 Å². The molecule has 4 heteroatoms. The minimum absolute atomic E-state index is 0.223. The van der Waals surface area contributed by atoms with Crippen LogP contribution in [0, 0.1) is 0 Å². The highest BCUT2D eigenvalue weighted by Gasteiger charge is 2.33. The third kappa shape index (κ3) is 4.35. The predicted molar refractivity (Wildman–Crippen MR) is 103 cm³/mol. The van der Waals surface area contributed by atoms with Gasteiger partial charge in [0, 0.05) is 49.9 Å². The molecule has 2 aliphatic carbocycles. The zero-order valence-electron chi connectivity index (χ0n) is 16.1. The second-order valence-electron chi connectivity index (χ2n) is 7.48. The number of piperazine rings is 1. The SMILES string of the molecule is CC.O=C1CC(N2CCN(C3CCCCC3)CC2)NC2=C1C=CCC2. The molecule has 1 N–H and O–H groups in total. The number of Topliss-reactive ketones (excluding diaryl/α,β-unsaturated/α-hetero) is 1. The lowest BCUT2D eigenvalue weighted by Gasteiger charge is -2.44. The summed E-state index contributed by atoms with van der Waals surface area (Å²) in [6, 6.07) is 0.824. The Bertz CT molecular complexity index is 511. The quantitative estimate of drug-likeness (QED) is 0.831. The molecule has 1 saturated heterocycles. The maximum atomic E-state index is 12.4. The molecule has 4 rings (SSSR count). The standard InChI is InChI=1S/C19H29N3O.C2H6/c23-18-14-19(20-17-9-5-4-8-16(17)18)22-12-10-21(11-13-22)15-6-2-1-3-7-15;1-2/h4,8,15,19-20H,1-3,5-7,9-14H2;1-2H3. The van der Waals surface area contributed by atoms with Crippen LogP contribution in [0.4, 0.5) is 0 Å². The first-order valence-electron chi connectivity index (χ1n) is 10.5. The number of nitrogens with one attached hydrogen (secondary N) is 1. The molecule has 2 fully saturated rings. The van der Waals surface area contributed by atoms with Gasteiger partial charge in [0.1, 0.15) is 0 Å². The summed E-state index contributed by atoms with van der Waals surface area (Å²) in [6.07, 6.45) is 14.1. The molecule has 1 atom stereocenters. The number of allylic oxidation sites excluding steroid dienone is 4. The molecule has 4 aliphatic rings. The average Bonchev–Trinajstić information content (AvgIpc) is 2.70. The fourth-order valence-electron chi connectivity index (χ4n) is 4.69. The van der Waals surface area contributed by atoms with E-state index in [4.69, 9.17) is 0 Å². The summed E-state index contributed by atoms with van der Waals surface area (Å²) in [4.78, 5) is 17.6. The largest absolute Gasteiger partial charge is 0.372 e. The molecule has 0 bridgehead atoms. The van der Waals surface area contributed by atoms with Crippen molar-refractivity contribution in [1.82, 2.24) is 15.1 Å². The van der Waals surface area contributed by atoms with E-state index in [9.17, 15) is 4.79 Å². The molecule has 0 spiro atoms. The van der Waals surface area contributed by atoms with Crippen LogP contribution in [-0.4, -0.2) is 54.0 Å². The number of carbonyl (C=O) groups excluding carboxylic acids is 1. The molecule has 25 heavy (non-hydrogen) atoms. The molecule has 2 aliphatic heterocycles. The first kappa shape index (κ1) is 18.7. The van der Waals surface area contributed by atoms with E-state index in [0.717, 1.165) is 37.5 Å². The van der Waals surface area contributed by atoms with Crippen LogP contribution in [0.25, 0.3) is 0 Å². The summed E-state index contributed by atoms with van der Waals surface area (Å²) in [6.45, 7) is 8.53. The zero-order chi connectivity index (χ0) is 17.6. The third-order valence-corrected chi connectivity index (χ3v) is 6.07. The molecule has 0 amide bonds. The third-order valence-electron chi connectivity index (χ3n) is 6.07. The van der Waals surface area contributed by atoms with Crippen molar-refractivity contribution in [2.75, 3.05) is 26.2 Å². The molecule has 2 heterocycles. The van der Waals surface area contributed by atoms with Crippen LogP contribution in [0.3, 0.4) is 0 Å². The summed E-state index contributed by atoms with van der Waals surface area (Å²) < 4.78 is 0. The van der Waals surface area contributed by atoms with Crippen molar-refractivity contribution in [3.05, 3.63) is 23.4 Å². The number of rotatable bonds is 2. The van der Waals surface area contributed by atoms with Crippen LogP contribution in [0.5, 0.6) is 0 Å². The lowest BCUT2D eigenvalue weighted by atomic mass is 9.92. The first-order chi connectivity index (χ1) is 12.3. The fraction of sp³-hybridized carbons (Fsp3) is 0.762. The van der Waals surface area contributed by atoms with Gasteiger partial charge in [0.25, 0.3) is 0 Å². The highest BCUT2D eigenvalue weighted by molar-refractivity contribution is 6.00. The van der Waals surface area contributed by atoms with Gasteiger partial charge >= 0.3 is 0 Å². The van der Waals surface area contributed by atoms with Crippen molar-refractivity contribution in [3.63, 3.8) is 0 Å².